The molecule has 15 heavy (non-hydrogen) atoms. The van der Waals surface area contributed by atoms with Gasteiger partial charge in [-0.1, -0.05) is 0 Å². The van der Waals surface area contributed by atoms with Crippen LogP contribution in [0.4, 0.5) is 0 Å². The average Bonchev–Trinajstić information content (AvgIpc) is 2.74. The van der Waals surface area contributed by atoms with Gasteiger partial charge in [0.15, 0.2) is 0 Å². The maximum atomic E-state index is 10.6. The van der Waals surface area contributed by atoms with E-state index in [2.05, 4.69) is 13.0 Å². The number of aryl methyl sites for hydroxylation is 2. The Morgan fingerprint density at radius 2 is 2.00 bits per heavy atom. The summed E-state index contributed by atoms with van der Waals surface area (Å²) >= 11 is 3.29. The molecule has 2 rings (SSSR count). The van der Waals surface area contributed by atoms with E-state index in [1.807, 2.05) is 30.7 Å². The number of thiophene rings is 2. The molecule has 0 aliphatic heterocycles. The first-order chi connectivity index (χ1) is 7.01. The normalized spacial score (nSPS) is 15.2. The number of hydrogen-bond donors (Lipinski definition) is 1. The molecule has 0 aliphatic rings. The van der Waals surface area contributed by atoms with E-state index in [1.165, 1.54) is 4.88 Å². The minimum Gasteiger partial charge on any atom is -0.380 e. The van der Waals surface area contributed by atoms with Gasteiger partial charge in [0.1, 0.15) is 5.60 Å². The third-order valence-corrected chi connectivity index (χ3v) is 4.69. The summed E-state index contributed by atoms with van der Waals surface area (Å²) in [6.07, 6.45) is 0. The number of hydrogen-bond acceptors (Lipinski definition) is 3. The van der Waals surface area contributed by atoms with Crippen LogP contribution >= 0.6 is 22.7 Å². The van der Waals surface area contributed by atoms with Crippen LogP contribution in [-0.4, -0.2) is 5.11 Å². The Balaban J connectivity index is 2.47. The minimum atomic E-state index is -0.844. The Labute approximate surface area is 98.0 Å². The highest BCUT2D eigenvalue weighted by Crippen LogP contribution is 2.36. The first-order valence-corrected chi connectivity index (χ1v) is 6.60. The summed E-state index contributed by atoms with van der Waals surface area (Å²) in [7, 11) is 0. The number of rotatable bonds is 2. The van der Waals surface area contributed by atoms with Crippen LogP contribution < -0.4 is 0 Å². The van der Waals surface area contributed by atoms with Crippen LogP contribution in [0, 0.1) is 13.8 Å². The minimum absolute atomic E-state index is 0.844. The molecule has 2 aromatic heterocycles. The van der Waals surface area contributed by atoms with E-state index in [1.54, 1.807) is 22.7 Å². The zero-order valence-corrected chi connectivity index (χ0v) is 10.7. The molecule has 0 amide bonds. The molecule has 0 saturated heterocycles. The van der Waals surface area contributed by atoms with Gasteiger partial charge in [0, 0.05) is 9.75 Å². The molecular weight excluding hydrogens is 224 g/mol. The van der Waals surface area contributed by atoms with Crippen molar-refractivity contribution in [2.75, 3.05) is 0 Å². The van der Waals surface area contributed by atoms with Gasteiger partial charge in [0.25, 0.3) is 0 Å². The summed E-state index contributed by atoms with van der Waals surface area (Å²) in [6, 6.07) is 4.11. The molecule has 0 bridgehead atoms. The van der Waals surface area contributed by atoms with Gasteiger partial charge < -0.3 is 5.11 Å². The summed E-state index contributed by atoms with van der Waals surface area (Å²) in [6.45, 7) is 5.97. The highest BCUT2D eigenvalue weighted by molar-refractivity contribution is 7.10. The van der Waals surface area contributed by atoms with Crippen molar-refractivity contribution in [3.63, 3.8) is 0 Å². The molecule has 0 fully saturated rings. The van der Waals surface area contributed by atoms with Crippen LogP contribution in [-0.2, 0) is 5.60 Å². The molecule has 1 N–H and O–H groups in total. The third kappa shape index (κ3) is 1.87. The largest absolute Gasteiger partial charge is 0.380 e. The van der Waals surface area contributed by atoms with E-state index in [0.29, 0.717) is 0 Å². The lowest BCUT2D eigenvalue weighted by Gasteiger charge is -2.22. The Bertz CT molecular complexity index is 465. The van der Waals surface area contributed by atoms with Crippen LogP contribution in [0.5, 0.6) is 0 Å². The van der Waals surface area contributed by atoms with E-state index in [-0.39, 0.29) is 0 Å². The first kappa shape index (κ1) is 10.9. The summed E-state index contributed by atoms with van der Waals surface area (Å²) in [5.74, 6) is 0. The Morgan fingerprint density at radius 3 is 2.47 bits per heavy atom. The van der Waals surface area contributed by atoms with Gasteiger partial charge >= 0.3 is 0 Å². The lowest BCUT2D eigenvalue weighted by molar-refractivity contribution is 0.106. The monoisotopic (exact) mass is 238 g/mol. The van der Waals surface area contributed by atoms with Gasteiger partial charge in [-0.05, 0) is 54.8 Å². The average molecular weight is 238 g/mol. The fraction of sp³-hybridized carbons (Fsp3) is 0.333. The second-order valence-corrected chi connectivity index (χ2v) is 5.98. The lowest BCUT2D eigenvalue weighted by Crippen LogP contribution is -2.21. The topological polar surface area (TPSA) is 20.2 Å². The zero-order chi connectivity index (χ0) is 11.1. The molecule has 0 saturated carbocycles. The highest BCUT2D eigenvalue weighted by atomic mass is 32.1. The molecule has 0 aliphatic carbocycles. The van der Waals surface area contributed by atoms with Crippen LogP contribution in [0.1, 0.15) is 27.8 Å². The SMILES string of the molecule is Cc1cc(C(C)(O)c2sccc2C)cs1. The van der Waals surface area contributed by atoms with Crippen LogP contribution in [0.2, 0.25) is 0 Å². The molecule has 1 nitrogen and oxygen atoms in total. The zero-order valence-electron chi connectivity index (χ0n) is 9.07. The Kier molecular flexibility index (Phi) is 2.71. The first-order valence-electron chi connectivity index (χ1n) is 4.84. The summed E-state index contributed by atoms with van der Waals surface area (Å²) in [4.78, 5) is 2.28. The van der Waals surface area contributed by atoms with E-state index in [4.69, 9.17) is 0 Å². The number of aliphatic hydroxyl groups is 1. The molecule has 1 atom stereocenters. The molecule has 0 spiro atoms. The highest BCUT2D eigenvalue weighted by Gasteiger charge is 2.29. The van der Waals surface area contributed by atoms with Crippen molar-refractivity contribution in [2.45, 2.75) is 26.4 Å². The van der Waals surface area contributed by atoms with Crippen LogP contribution in [0.25, 0.3) is 0 Å². The van der Waals surface area contributed by atoms with E-state index in [0.717, 1.165) is 16.0 Å². The van der Waals surface area contributed by atoms with Gasteiger partial charge in [0.2, 0.25) is 0 Å². The molecule has 2 heterocycles. The maximum absolute atomic E-state index is 10.6. The van der Waals surface area contributed by atoms with Crippen LogP contribution in [0.3, 0.4) is 0 Å². The molecule has 0 aromatic carbocycles. The molecule has 0 radical (unpaired) electrons. The van der Waals surface area contributed by atoms with E-state index >= 15 is 0 Å². The second kappa shape index (κ2) is 3.74. The second-order valence-electron chi connectivity index (χ2n) is 3.95. The van der Waals surface area contributed by atoms with Crippen molar-refractivity contribution in [1.29, 1.82) is 0 Å². The predicted molar refractivity (Wildman–Crippen MR) is 66.8 cm³/mol. The Hall–Kier alpha value is -0.640. The molecule has 2 aromatic rings. The summed E-state index contributed by atoms with van der Waals surface area (Å²) in [5, 5.41) is 14.6. The Morgan fingerprint density at radius 1 is 1.27 bits per heavy atom. The maximum Gasteiger partial charge on any atom is 0.122 e. The van der Waals surface area contributed by atoms with Crippen molar-refractivity contribution < 1.29 is 5.11 Å². The van der Waals surface area contributed by atoms with Crippen molar-refractivity contribution in [2.24, 2.45) is 0 Å². The standard InChI is InChI=1S/C12H14OS2/c1-8-4-5-14-11(8)12(3,13)10-6-9(2)15-7-10/h4-7,13H,1-3H3. The van der Waals surface area contributed by atoms with Gasteiger partial charge in [-0.2, -0.15) is 0 Å². The molecular formula is C12H14OS2. The van der Waals surface area contributed by atoms with Crippen molar-refractivity contribution in [3.05, 3.63) is 43.8 Å². The quantitative estimate of drug-likeness (QED) is 0.846. The molecule has 80 valence electrons. The van der Waals surface area contributed by atoms with Crippen molar-refractivity contribution >= 4 is 22.7 Å². The molecule has 3 heteroatoms. The van der Waals surface area contributed by atoms with Gasteiger partial charge in [0.05, 0.1) is 0 Å². The van der Waals surface area contributed by atoms with Crippen LogP contribution in [0.15, 0.2) is 22.9 Å². The fourth-order valence-electron chi connectivity index (χ4n) is 1.70. The third-order valence-electron chi connectivity index (χ3n) is 2.60. The summed E-state index contributed by atoms with van der Waals surface area (Å²) < 4.78 is 0. The summed E-state index contributed by atoms with van der Waals surface area (Å²) in [5.41, 5.74) is 1.31. The predicted octanol–water partition coefficient (Wildman–Crippen LogP) is 3.68. The van der Waals surface area contributed by atoms with E-state index < -0.39 is 5.60 Å². The van der Waals surface area contributed by atoms with Gasteiger partial charge in [-0.25, -0.2) is 0 Å². The van der Waals surface area contributed by atoms with Crippen molar-refractivity contribution in [1.82, 2.24) is 0 Å². The fourth-order valence-corrected chi connectivity index (χ4v) is 3.52. The van der Waals surface area contributed by atoms with Gasteiger partial charge in [-0.15, -0.1) is 22.7 Å². The molecule has 1 unspecified atom stereocenters. The smallest absolute Gasteiger partial charge is 0.122 e. The van der Waals surface area contributed by atoms with Crippen molar-refractivity contribution in [3.8, 4) is 0 Å². The lowest BCUT2D eigenvalue weighted by atomic mass is 9.95. The van der Waals surface area contributed by atoms with E-state index in [9.17, 15) is 5.11 Å². The van der Waals surface area contributed by atoms with Gasteiger partial charge in [-0.3, -0.25) is 0 Å².